The SMILES string of the molecule is COc1cccc2nc(CNC(=O)Oc3cc(Cl)nc4c(C5CC5)cnn34)cn12. The van der Waals surface area contributed by atoms with Gasteiger partial charge in [-0.25, -0.2) is 14.8 Å². The van der Waals surface area contributed by atoms with Crippen LogP contribution in [-0.2, 0) is 6.54 Å². The minimum absolute atomic E-state index is 0.193. The lowest BCUT2D eigenvalue weighted by Crippen LogP contribution is -2.27. The predicted octanol–water partition coefficient (Wildman–Crippen LogP) is 3.21. The molecule has 9 nitrogen and oxygen atoms in total. The largest absolute Gasteiger partial charge is 0.482 e. The number of aromatic nitrogens is 5. The van der Waals surface area contributed by atoms with Crippen LogP contribution in [0.25, 0.3) is 11.3 Å². The van der Waals surface area contributed by atoms with E-state index in [0.717, 1.165) is 24.1 Å². The Kier molecular flexibility index (Phi) is 4.24. The van der Waals surface area contributed by atoms with Crippen molar-refractivity contribution in [3.8, 4) is 11.8 Å². The zero-order chi connectivity index (χ0) is 20.0. The number of hydrogen-bond acceptors (Lipinski definition) is 6. The summed E-state index contributed by atoms with van der Waals surface area (Å²) in [6.45, 7) is 0.193. The van der Waals surface area contributed by atoms with E-state index in [2.05, 4.69) is 20.4 Å². The number of nitrogens with one attached hydrogen (secondary N) is 1. The van der Waals surface area contributed by atoms with E-state index in [0.29, 0.717) is 23.1 Å². The van der Waals surface area contributed by atoms with Gasteiger partial charge in [-0.1, -0.05) is 17.7 Å². The van der Waals surface area contributed by atoms with E-state index in [1.807, 2.05) is 18.2 Å². The number of amides is 1. The van der Waals surface area contributed by atoms with Gasteiger partial charge in [0.15, 0.2) is 11.5 Å². The number of hydrogen-bond donors (Lipinski definition) is 1. The summed E-state index contributed by atoms with van der Waals surface area (Å²) >= 11 is 6.12. The second-order valence-electron chi connectivity index (χ2n) is 6.80. The first-order valence-electron chi connectivity index (χ1n) is 9.13. The zero-order valence-corrected chi connectivity index (χ0v) is 16.3. The number of carbonyl (C=O) groups is 1. The van der Waals surface area contributed by atoms with Crippen LogP contribution in [-0.4, -0.2) is 37.2 Å². The Morgan fingerprint density at radius 1 is 1.31 bits per heavy atom. The Labute approximate surface area is 170 Å². The maximum atomic E-state index is 12.3. The lowest BCUT2D eigenvalue weighted by atomic mass is 10.2. The molecule has 0 aromatic carbocycles. The van der Waals surface area contributed by atoms with Crippen molar-refractivity contribution in [2.45, 2.75) is 25.3 Å². The van der Waals surface area contributed by atoms with Crippen LogP contribution in [0.4, 0.5) is 4.79 Å². The maximum Gasteiger partial charge on any atom is 0.414 e. The van der Waals surface area contributed by atoms with Gasteiger partial charge in [0.05, 0.1) is 25.5 Å². The maximum absolute atomic E-state index is 12.3. The fourth-order valence-electron chi connectivity index (χ4n) is 3.26. The fourth-order valence-corrected chi connectivity index (χ4v) is 3.43. The number of rotatable bonds is 5. The van der Waals surface area contributed by atoms with E-state index in [1.54, 1.807) is 23.9 Å². The number of carbonyl (C=O) groups excluding carboxylic acids is 1. The highest BCUT2D eigenvalue weighted by atomic mass is 35.5. The summed E-state index contributed by atoms with van der Waals surface area (Å²) in [7, 11) is 1.59. The standard InChI is InChI=1S/C19H17ClN6O3/c1-28-16-4-2-3-15-23-12(10-25(15)16)8-21-19(27)29-17-7-14(20)24-18-13(11-5-6-11)9-22-26(17)18/h2-4,7,9-11H,5-6,8H2,1H3,(H,21,27). The Bertz CT molecular complexity index is 1230. The highest BCUT2D eigenvalue weighted by molar-refractivity contribution is 6.29. The highest BCUT2D eigenvalue weighted by Crippen LogP contribution is 2.42. The number of methoxy groups -OCH3 is 1. The smallest absolute Gasteiger partial charge is 0.414 e. The second kappa shape index (κ2) is 6.93. The monoisotopic (exact) mass is 412 g/mol. The van der Waals surface area contributed by atoms with Crippen molar-refractivity contribution in [1.82, 2.24) is 29.3 Å². The van der Waals surface area contributed by atoms with Crippen LogP contribution in [0.3, 0.4) is 0 Å². The third kappa shape index (κ3) is 3.33. The van der Waals surface area contributed by atoms with Crippen molar-refractivity contribution in [3.05, 3.63) is 53.1 Å². The predicted molar refractivity (Wildman–Crippen MR) is 105 cm³/mol. The van der Waals surface area contributed by atoms with E-state index in [1.165, 1.54) is 10.6 Å². The first-order valence-corrected chi connectivity index (χ1v) is 9.51. The van der Waals surface area contributed by atoms with Crippen molar-refractivity contribution >= 4 is 29.0 Å². The summed E-state index contributed by atoms with van der Waals surface area (Å²) in [6, 6.07) is 7.01. The van der Waals surface area contributed by atoms with Crippen LogP contribution < -0.4 is 14.8 Å². The Hall–Kier alpha value is -3.33. The summed E-state index contributed by atoms with van der Waals surface area (Å²) in [4.78, 5) is 21.1. The molecule has 1 amide bonds. The molecule has 0 spiro atoms. The van der Waals surface area contributed by atoms with Gasteiger partial charge >= 0.3 is 6.09 Å². The molecule has 1 aliphatic rings. The number of ether oxygens (including phenoxy) is 2. The minimum Gasteiger partial charge on any atom is -0.482 e. The number of fused-ring (bicyclic) bond motifs is 2. The molecule has 0 radical (unpaired) electrons. The van der Waals surface area contributed by atoms with Gasteiger partial charge in [-0.2, -0.15) is 9.61 Å². The first-order chi connectivity index (χ1) is 14.1. The molecule has 0 saturated heterocycles. The van der Waals surface area contributed by atoms with Crippen LogP contribution >= 0.6 is 11.6 Å². The molecule has 1 aliphatic carbocycles. The molecular weight excluding hydrogens is 396 g/mol. The van der Waals surface area contributed by atoms with Crippen LogP contribution in [0.15, 0.2) is 36.7 Å². The van der Waals surface area contributed by atoms with E-state index >= 15 is 0 Å². The molecule has 0 unspecified atom stereocenters. The molecule has 148 valence electrons. The van der Waals surface area contributed by atoms with E-state index in [4.69, 9.17) is 21.1 Å². The molecule has 4 heterocycles. The third-order valence-corrected chi connectivity index (χ3v) is 4.97. The molecule has 0 bridgehead atoms. The van der Waals surface area contributed by atoms with Crippen molar-refractivity contribution in [3.63, 3.8) is 0 Å². The zero-order valence-electron chi connectivity index (χ0n) is 15.5. The van der Waals surface area contributed by atoms with Gasteiger partial charge in [-0.3, -0.25) is 4.40 Å². The van der Waals surface area contributed by atoms with Crippen LogP contribution in [0.1, 0.15) is 30.0 Å². The summed E-state index contributed by atoms with van der Waals surface area (Å²) in [5.41, 5.74) is 3.03. The van der Waals surface area contributed by atoms with Crippen molar-refractivity contribution < 1.29 is 14.3 Å². The topological polar surface area (TPSA) is 95.0 Å². The molecule has 10 heteroatoms. The molecule has 29 heavy (non-hydrogen) atoms. The molecule has 4 aromatic heterocycles. The summed E-state index contributed by atoms with van der Waals surface area (Å²) < 4.78 is 14.0. The Balaban J connectivity index is 1.32. The quantitative estimate of drug-likeness (QED) is 0.506. The minimum atomic E-state index is -0.638. The number of imidazole rings is 1. The number of nitrogens with zero attached hydrogens (tertiary/aromatic N) is 5. The molecule has 1 N–H and O–H groups in total. The molecule has 5 rings (SSSR count). The summed E-state index contributed by atoms with van der Waals surface area (Å²) in [6.07, 6.45) is 5.13. The second-order valence-corrected chi connectivity index (χ2v) is 7.19. The molecule has 1 saturated carbocycles. The van der Waals surface area contributed by atoms with Crippen LogP contribution in [0.2, 0.25) is 5.15 Å². The van der Waals surface area contributed by atoms with Crippen LogP contribution in [0, 0.1) is 0 Å². The van der Waals surface area contributed by atoms with Crippen LogP contribution in [0.5, 0.6) is 11.8 Å². The molecule has 4 aromatic rings. The Morgan fingerprint density at radius 2 is 2.17 bits per heavy atom. The van der Waals surface area contributed by atoms with Crippen molar-refractivity contribution in [2.75, 3.05) is 7.11 Å². The van der Waals surface area contributed by atoms with Gasteiger partial charge in [0, 0.05) is 17.8 Å². The van der Waals surface area contributed by atoms with Gasteiger partial charge in [0.2, 0.25) is 5.88 Å². The van der Waals surface area contributed by atoms with Crippen molar-refractivity contribution in [2.24, 2.45) is 0 Å². The Morgan fingerprint density at radius 3 is 2.97 bits per heavy atom. The van der Waals surface area contributed by atoms with Gasteiger partial charge < -0.3 is 14.8 Å². The normalized spacial score (nSPS) is 13.7. The third-order valence-electron chi connectivity index (χ3n) is 4.78. The summed E-state index contributed by atoms with van der Waals surface area (Å²) in [5.74, 6) is 1.32. The average Bonchev–Trinajstić information content (AvgIpc) is 3.31. The molecule has 0 aliphatic heterocycles. The lowest BCUT2D eigenvalue weighted by Gasteiger charge is -2.07. The van der Waals surface area contributed by atoms with E-state index in [-0.39, 0.29) is 17.6 Å². The number of halogens is 1. The van der Waals surface area contributed by atoms with Gasteiger partial charge in [0.25, 0.3) is 0 Å². The first kappa shape index (κ1) is 17.7. The number of pyridine rings is 1. The van der Waals surface area contributed by atoms with E-state index in [9.17, 15) is 4.79 Å². The molecule has 1 fully saturated rings. The highest BCUT2D eigenvalue weighted by Gasteiger charge is 2.28. The molecule has 0 atom stereocenters. The van der Waals surface area contributed by atoms with Gasteiger partial charge in [-0.15, -0.1) is 0 Å². The average molecular weight is 413 g/mol. The van der Waals surface area contributed by atoms with Crippen molar-refractivity contribution in [1.29, 1.82) is 0 Å². The van der Waals surface area contributed by atoms with Gasteiger partial charge in [0.1, 0.15) is 10.8 Å². The van der Waals surface area contributed by atoms with Gasteiger partial charge in [-0.05, 0) is 30.9 Å². The molecular formula is C19H17ClN6O3. The summed E-state index contributed by atoms with van der Waals surface area (Å²) in [5, 5.41) is 7.24. The van der Waals surface area contributed by atoms with E-state index < -0.39 is 6.09 Å². The fraction of sp³-hybridized carbons (Fsp3) is 0.263. The lowest BCUT2D eigenvalue weighted by molar-refractivity contribution is 0.196.